The summed E-state index contributed by atoms with van der Waals surface area (Å²) in [6.45, 7) is 2.79. The SMILES string of the molecule is Cc1noc(-c2cn(C3CCN(C(=O)c4cccc(F)c4)C3)nn2)n1. The van der Waals surface area contributed by atoms with Crippen LogP contribution in [0.5, 0.6) is 0 Å². The number of likely N-dealkylation sites (tertiary alicyclic amines) is 1. The lowest BCUT2D eigenvalue weighted by Crippen LogP contribution is -2.29. The number of aryl methyl sites for hydroxylation is 1. The highest BCUT2D eigenvalue weighted by Gasteiger charge is 2.29. The van der Waals surface area contributed by atoms with Crippen LogP contribution in [0.4, 0.5) is 4.39 Å². The van der Waals surface area contributed by atoms with Gasteiger partial charge in [-0.1, -0.05) is 16.4 Å². The zero-order valence-electron chi connectivity index (χ0n) is 13.5. The van der Waals surface area contributed by atoms with E-state index >= 15 is 0 Å². The summed E-state index contributed by atoms with van der Waals surface area (Å²) in [4.78, 5) is 18.3. The molecular formula is C16H15FN6O2. The van der Waals surface area contributed by atoms with E-state index in [0.29, 0.717) is 36.1 Å². The number of carbonyl (C=O) groups is 1. The van der Waals surface area contributed by atoms with E-state index < -0.39 is 5.82 Å². The van der Waals surface area contributed by atoms with Crippen LogP contribution in [-0.4, -0.2) is 49.0 Å². The van der Waals surface area contributed by atoms with Gasteiger partial charge in [0.1, 0.15) is 5.82 Å². The minimum atomic E-state index is -0.419. The molecule has 3 aromatic rings. The Balaban J connectivity index is 1.47. The van der Waals surface area contributed by atoms with Gasteiger partial charge in [0.15, 0.2) is 11.5 Å². The van der Waals surface area contributed by atoms with Gasteiger partial charge >= 0.3 is 0 Å². The van der Waals surface area contributed by atoms with Gasteiger partial charge in [-0.3, -0.25) is 4.79 Å². The zero-order chi connectivity index (χ0) is 17.4. The summed E-state index contributed by atoms with van der Waals surface area (Å²) in [6.07, 6.45) is 2.47. The summed E-state index contributed by atoms with van der Waals surface area (Å²) in [5, 5.41) is 11.9. The number of carbonyl (C=O) groups excluding carboxylic acids is 1. The Kier molecular flexibility index (Phi) is 3.75. The van der Waals surface area contributed by atoms with Crippen LogP contribution >= 0.6 is 0 Å². The van der Waals surface area contributed by atoms with Crippen LogP contribution in [0.15, 0.2) is 35.0 Å². The molecule has 0 spiro atoms. The second kappa shape index (κ2) is 6.08. The van der Waals surface area contributed by atoms with Crippen molar-refractivity contribution in [2.24, 2.45) is 0 Å². The van der Waals surface area contributed by atoms with Crippen LogP contribution in [0.2, 0.25) is 0 Å². The molecule has 0 saturated carbocycles. The molecular weight excluding hydrogens is 327 g/mol. The third kappa shape index (κ3) is 3.00. The van der Waals surface area contributed by atoms with E-state index in [1.54, 1.807) is 28.8 Å². The Hall–Kier alpha value is -3.10. The van der Waals surface area contributed by atoms with Gasteiger partial charge in [-0.25, -0.2) is 9.07 Å². The third-order valence-corrected chi connectivity index (χ3v) is 4.15. The summed E-state index contributed by atoms with van der Waals surface area (Å²) >= 11 is 0. The van der Waals surface area contributed by atoms with Crippen LogP contribution in [0.25, 0.3) is 11.6 Å². The van der Waals surface area contributed by atoms with E-state index in [4.69, 9.17) is 4.52 Å². The minimum Gasteiger partial charge on any atom is -0.336 e. The molecule has 1 unspecified atom stereocenters. The molecule has 1 amide bonds. The molecule has 1 atom stereocenters. The molecule has 1 aliphatic rings. The predicted molar refractivity (Wildman–Crippen MR) is 84.0 cm³/mol. The maximum absolute atomic E-state index is 13.3. The molecule has 128 valence electrons. The first-order valence-corrected chi connectivity index (χ1v) is 7.87. The first kappa shape index (κ1) is 15.4. The van der Waals surface area contributed by atoms with Crippen molar-refractivity contribution in [2.75, 3.05) is 13.1 Å². The van der Waals surface area contributed by atoms with Crippen LogP contribution < -0.4 is 0 Å². The van der Waals surface area contributed by atoms with E-state index in [-0.39, 0.29) is 11.9 Å². The van der Waals surface area contributed by atoms with Gasteiger partial charge in [0, 0.05) is 18.7 Å². The second-order valence-electron chi connectivity index (χ2n) is 5.93. The highest BCUT2D eigenvalue weighted by atomic mass is 19.1. The smallest absolute Gasteiger partial charge is 0.280 e. The van der Waals surface area contributed by atoms with Crippen molar-refractivity contribution in [3.05, 3.63) is 47.7 Å². The van der Waals surface area contributed by atoms with Gasteiger partial charge in [-0.05, 0) is 31.5 Å². The Morgan fingerprint density at radius 1 is 1.40 bits per heavy atom. The van der Waals surface area contributed by atoms with E-state index in [1.165, 1.54) is 18.2 Å². The lowest BCUT2D eigenvalue weighted by molar-refractivity contribution is 0.0786. The quantitative estimate of drug-likeness (QED) is 0.722. The fourth-order valence-electron chi connectivity index (χ4n) is 2.90. The van der Waals surface area contributed by atoms with Crippen molar-refractivity contribution < 1.29 is 13.7 Å². The Bertz CT molecular complexity index is 921. The summed E-state index contributed by atoms with van der Waals surface area (Å²) in [6, 6.07) is 5.72. The maximum atomic E-state index is 13.3. The zero-order valence-corrected chi connectivity index (χ0v) is 13.5. The average molecular weight is 342 g/mol. The first-order valence-electron chi connectivity index (χ1n) is 7.87. The van der Waals surface area contributed by atoms with Crippen LogP contribution in [0.1, 0.15) is 28.6 Å². The molecule has 8 nitrogen and oxygen atoms in total. The molecule has 0 bridgehead atoms. The maximum Gasteiger partial charge on any atom is 0.280 e. The Morgan fingerprint density at radius 3 is 3.04 bits per heavy atom. The molecule has 3 heterocycles. The second-order valence-corrected chi connectivity index (χ2v) is 5.93. The van der Waals surface area contributed by atoms with E-state index in [0.717, 1.165) is 6.42 Å². The van der Waals surface area contributed by atoms with Crippen LogP contribution in [-0.2, 0) is 0 Å². The van der Waals surface area contributed by atoms with Crippen molar-refractivity contribution in [3.8, 4) is 11.6 Å². The Morgan fingerprint density at radius 2 is 2.28 bits per heavy atom. The number of nitrogens with zero attached hydrogens (tertiary/aromatic N) is 6. The Labute approximate surface area is 142 Å². The molecule has 1 aromatic carbocycles. The molecule has 0 radical (unpaired) electrons. The highest BCUT2D eigenvalue weighted by molar-refractivity contribution is 5.94. The molecule has 0 N–H and O–H groups in total. The number of benzene rings is 1. The van der Waals surface area contributed by atoms with Crippen molar-refractivity contribution in [2.45, 2.75) is 19.4 Å². The normalized spacial score (nSPS) is 17.2. The third-order valence-electron chi connectivity index (χ3n) is 4.15. The number of amides is 1. The summed E-state index contributed by atoms with van der Waals surface area (Å²) < 4.78 is 20.1. The van der Waals surface area contributed by atoms with E-state index in [9.17, 15) is 9.18 Å². The van der Waals surface area contributed by atoms with Gasteiger partial charge < -0.3 is 9.42 Å². The number of halogens is 1. The molecule has 9 heteroatoms. The molecule has 1 fully saturated rings. The average Bonchev–Trinajstić information content (AvgIpc) is 3.33. The molecule has 1 aliphatic heterocycles. The summed E-state index contributed by atoms with van der Waals surface area (Å²) in [7, 11) is 0. The van der Waals surface area contributed by atoms with Gasteiger partial charge in [-0.2, -0.15) is 4.98 Å². The minimum absolute atomic E-state index is 0.00257. The van der Waals surface area contributed by atoms with Crippen molar-refractivity contribution in [1.29, 1.82) is 0 Å². The number of rotatable bonds is 3. The molecule has 4 rings (SSSR count). The molecule has 2 aromatic heterocycles. The van der Waals surface area contributed by atoms with Gasteiger partial charge in [-0.15, -0.1) is 5.10 Å². The lowest BCUT2D eigenvalue weighted by Gasteiger charge is -2.16. The van der Waals surface area contributed by atoms with Crippen LogP contribution in [0.3, 0.4) is 0 Å². The largest absolute Gasteiger partial charge is 0.336 e. The van der Waals surface area contributed by atoms with E-state index in [2.05, 4.69) is 20.5 Å². The monoisotopic (exact) mass is 342 g/mol. The number of hydrogen-bond donors (Lipinski definition) is 0. The topological polar surface area (TPSA) is 89.9 Å². The van der Waals surface area contributed by atoms with Crippen molar-refractivity contribution in [3.63, 3.8) is 0 Å². The summed E-state index contributed by atoms with van der Waals surface area (Å²) in [5.74, 6) is 0.235. The van der Waals surface area contributed by atoms with Crippen LogP contribution in [0, 0.1) is 12.7 Å². The fraction of sp³-hybridized carbons (Fsp3) is 0.312. The van der Waals surface area contributed by atoms with Crippen molar-refractivity contribution >= 4 is 5.91 Å². The van der Waals surface area contributed by atoms with Crippen molar-refractivity contribution in [1.82, 2.24) is 30.0 Å². The highest BCUT2D eigenvalue weighted by Crippen LogP contribution is 2.24. The molecule has 25 heavy (non-hydrogen) atoms. The lowest BCUT2D eigenvalue weighted by atomic mass is 10.2. The van der Waals surface area contributed by atoms with Gasteiger partial charge in [0.2, 0.25) is 0 Å². The first-order chi connectivity index (χ1) is 12.1. The predicted octanol–water partition coefficient (Wildman–Crippen LogP) is 1.86. The standard InChI is InChI=1S/C16H15FN6O2/c1-10-18-15(25-20-10)14-9-23(21-19-14)13-5-6-22(8-13)16(24)11-3-2-4-12(17)7-11/h2-4,7,9,13H,5-6,8H2,1H3. The molecule has 1 saturated heterocycles. The summed E-state index contributed by atoms with van der Waals surface area (Å²) in [5.41, 5.74) is 0.844. The molecule has 0 aliphatic carbocycles. The van der Waals surface area contributed by atoms with Gasteiger partial charge in [0.05, 0.1) is 12.2 Å². The van der Waals surface area contributed by atoms with E-state index in [1.807, 2.05) is 0 Å². The number of hydrogen-bond acceptors (Lipinski definition) is 6. The fourth-order valence-corrected chi connectivity index (χ4v) is 2.90. The number of aromatic nitrogens is 5. The van der Waals surface area contributed by atoms with Gasteiger partial charge in [0.25, 0.3) is 11.8 Å².